The first-order valence-electron chi connectivity index (χ1n) is 9.31. The van der Waals surface area contributed by atoms with Crippen LogP contribution in [-0.4, -0.2) is 12.8 Å². The molecule has 28 heavy (non-hydrogen) atoms. The Hall–Kier alpha value is -3.14. The summed E-state index contributed by atoms with van der Waals surface area (Å²) in [7, 11) is 0. The highest BCUT2D eigenvalue weighted by Crippen LogP contribution is 2.29. The second kappa shape index (κ2) is 9.18. The molecule has 0 N–H and O–H groups in total. The Morgan fingerprint density at radius 3 is 2.46 bits per heavy atom. The van der Waals surface area contributed by atoms with Crippen LogP contribution in [0.5, 0.6) is 11.5 Å². The smallest absolute Gasteiger partial charge is 0.161 e. The van der Waals surface area contributed by atoms with Crippen molar-refractivity contribution in [1.82, 2.24) is 0 Å². The summed E-state index contributed by atoms with van der Waals surface area (Å²) in [6, 6.07) is 18.3. The van der Waals surface area contributed by atoms with Crippen molar-refractivity contribution in [3.63, 3.8) is 0 Å². The van der Waals surface area contributed by atoms with Gasteiger partial charge in [-0.3, -0.25) is 4.99 Å². The van der Waals surface area contributed by atoms with E-state index in [2.05, 4.69) is 31.0 Å². The molecule has 0 aliphatic rings. The Kier molecular flexibility index (Phi) is 6.43. The molecule has 0 aliphatic carbocycles. The van der Waals surface area contributed by atoms with E-state index in [-0.39, 0.29) is 12.4 Å². The quantitative estimate of drug-likeness (QED) is 0.461. The SMILES string of the molecule is CCOc1cc(C=Nc2ccc(C)c(C)c2)ccc1OCc1ccccc1F. The Labute approximate surface area is 165 Å². The first-order valence-corrected chi connectivity index (χ1v) is 9.31. The van der Waals surface area contributed by atoms with E-state index < -0.39 is 0 Å². The summed E-state index contributed by atoms with van der Waals surface area (Å²) in [5, 5.41) is 0. The fraction of sp³-hybridized carbons (Fsp3) is 0.208. The molecule has 0 bridgehead atoms. The van der Waals surface area contributed by atoms with Crippen LogP contribution in [0.1, 0.15) is 29.2 Å². The van der Waals surface area contributed by atoms with Crippen molar-refractivity contribution in [1.29, 1.82) is 0 Å². The number of benzene rings is 3. The van der Waals surface area contributed by atoms with Crippen LogP contribution in [0.2, 0.25) is 0 Å². The summed E-state index contributed by atoms with van der Waals surface area (Å²) >= 11 is 0. The van der Waals surface area contributed by atoms with Gasteiger partial charge in [0.2, 0.25) is 0 Å². The van der Waals surface area contributed by atoms with Crippen molar-refractivity contribution in [3.8, 4) is 11.5 Å². The molecule has 0 radical (unpaired) electrons. The van der Waals surface area contributed by atoms with Gasteiger partial charge in [-0.1, -0.05) is 24.3 Å². The van der Waals surface area contributed by atoms with Gasteiger partial charge in [-0.2, -0.15) is 0 Å². The van der Waals surface area contributed by atoms with Crippen LogP contribution < -0.4 is 9.47 Å². The summed E-state index contributed by atoms with van der Waals surface area (Å²) < 4.78 is 25.3. The second-order valence-corrected chi connectivity index (χ2v) is 6.55. The second-order valence-electron chi connectivity index (χ2n) is 6.55. The topological polar surface area (TPSA) is 30.8 Å². The molecule has 0 saturated carbocycles. The molecule has 0 amide bonds. The maximum Gasteiger partial charge on any atom is 0.161 e. The lowest BCUT2D eigenvalue weighted by molar-refractivity contribution is 0.266. The fourth-order valence-electron chi connectivity index (χ4n) is 2.72. The third-order valence-corrected chi connectivity index (χ3v) is 4.46. The van der Waals surface area contributed by atoms with Gasteiger partial charge < -0.3 is 9.47 Å². The molecule has 0 heterocycles. The third-order valence-electron chi connectivity index (χ3n) is 4.46. The monoisotopic (exact) mass is 377 g/mol. The molecule has 3 nitrogen and oxygen atoms in total. The highest BCUT2D eigenvalue weighted by Gasteiger charge is 2.08. The summed E-state index contributed by atoms with van der Waals surface area (Å²) in [4.78, 5) is 4.54. The van der Waals surface area contributed by atoms with Crippen LogP contribution in [0.3, 0.4) is 0 Å². The van der Waals surface area contributed by atoms with Gasteiger partial charge >= 0.3 is 0 Å². The molecular weight excluding hydrogens is 353 g/mol. The van der Waals surface area contributed by atoms with Gasteiger partial charge in [-0.15, -0.1) is 0 Å². The predicted molar refractivity (Wildman–Crippen MR) is 112 cm³/mol. The first kappa shape index (κ1) is 19.6. The Morgan fingerprint density at radius 1 is 0.893 bits per heavy atom. The standard InChI is InChI=1S/C24H24FNO2/c1-4-27-24-14-19(15-26-21-11-9-17(2)18(3)13-21)10-12-23(24)28-16-20-7-5-6-8-22(20)25/h5-15H,4,16H2,1-3H3. The average Bonchev–Trinajstić information content (AvgIpc) is 2.69. The molecule has 0 aliphatic heterocycles. The number of hydrogen-bond acceptors (Lipinski definition) is 3. The minimum absolute atomic E-state index is 0.142. The Balaban J connectivity index is 1.77. The molecule has 4 heteroatoms. The number of aliphatic imine (C=N–C) groups is 1. The Morgan fingerprint density at radius 2 is 1.71 bits per heavy atom. The fourth-order valence-corrected chi connectivity index (χ4v) is 2.72. The maximum atomic E-state index is 13.8. The van der Waals surface area contributed by atoms with Crippen LogP contribution >= 0.6 is 0 Å². The molecule has 3 rings (SSSR count). The van der Waals surface area contributed by atoms with Gasteiger partial charge in [-0.05, 0) is 73.9 Å². The molecule has 144 valence electrons. The van der Waals surface area contributed by atoms with E-state index >= 15 is 0 Å². The van der Waals surface area contributed by atoms with Crippen LogP contribution in [0.4, 0.5) is 10.1 Å². The highest BCUT2D eigenvalue weighted by molar-refractivity contribution is 5.83. The predicted octanol–water partition coefficient (Wildman–Crippen LogP) is 6.17. The minimum atomic E-state index is -0.280. The lowest BCUT2D eigenvalue weighted by atomic mass is 10.1. The van der Waals surface area contributed by atoms with Crippen LogP contribution in [0.15, 0.2) is 65.7 Å². The van der Waals surface area contributed by atoms with E-state index in [4.69, 9.17) is 9.47 Å². The molecular formula is C24H24FNO2. The van der Waals surface area contributed by atoms with Crippen molar-refractivity contribution >= 4 is 11.9 Å². The van der Waals surface area contributed by atoms with Crippen molar-refractivity contribution in [2.24, 2.45) is 4.99 Å². The Bertz CT molecular complexity index is 982. The zero-order valence-electron chi connectivity index (χ0n) is 16.4. The van der Waals surface area contributed by atoms with E-state index in [1.165, 1.54) is 17.2 Å². The number of rotatable bonds is 7. The van der Waals surface area contributed by atoms with Crippen molar-refractivity contribution in [3.05, 3.63) is 88.7 Å². The van der Waals surface area contributed by atoms with Gasteiger partial charge in [0.25, 0.3) is 0 Å². The number of aryl methyl sites for hydroxylation is 2. The van der Waals surface area contributed by atoms with Gasteiger partial charge in [0.15, 0.2) is 11.5 Å². The van der Waals surface area contributed by atoms with Gasteiger partial charge in [-0.25, -0.2) is 4.39 Å². The van der Waals surface area contributed by atoms with E-state index in [0.717, 1.165) is 11.3 Å². The average molecular weight is 377 g/mol. The van der Waals surface area contributed by atoms with Crippen LogP contribution in [0, 0.1) is 19.7 Å². The van der Waals surface area contributed by atoms with E-state index in [0.29, 0.717) is 23.7 Å². The van der Waals surface area contributed by atoms with Crippen molar-refractivity contribution in [2.75, 3.05) is 6.61 Å². The van der Waals surface area contributed by atoms with Crippen LogP contribution in [0.25, 0.3) is 0 Å². The number of hydrogen-bond donors (Lipinski definition) is 0. The highest BCUT2D eigenvalue weighted by atomic mass is 19.1. The first-order chi connectivity index (χ1) is 13.6. The van der Waals surface area contributed by atoms with E-state index in [9.17, 15) is 4.39 Å². The zero-order valence-corrected chi connectivity index (χ0v) is 16.4. The van der Waals surface area contributed by atoms with Gasteiger partial charge in [0.1, 0.15) is 12.4 Å². The molecule has 3 aromatic rings. The molecule has 0 atom stereocenters. The number of halogens is 1. The summed E-state index contributed by atoms with van der Waals surface area (Å²) in [5.74, 6) is 0.911. The summed E-state index contributed by atoms with van der Waals surface area (Å²) in [5.41, 5.74) is 4.77. The lowest BCUT2D eigenvalue weighted by Gasteiger charge is -2.13. The minimum Gasteiger partial charge on any atom is -0.490 e. The van der Waals surface area contributed by atoms with Gasteiger partial charge in [0, 0.05) is 11.8 Å². The lowest BCUT2D eigenvalue weighted by Crippen LogP contribution is -2.01. The molecule has 0 spiro atoms. The van der Waals surface area contributed by atoms with Crippen molar-refractivity contribution in [2.45, 2.75) is 27.4 Å². The van der Waals surface area contributed by atoms with Crippen molar-refractivity contribution < 1.29 is 13.9 Å². The molecule has 0 aromatic heterocycles. The summed E-state index contributed by atoms with van der Waals surface area (Å²) in [6.45, 7) is 6.72. The molecule has 0 fully saturated rings. The normalized spacial score (nSPS) is 11.0. The maximum absolute atomic E-state index is 13.8. The molecule has 3 aromatic carbocycles. The van der Waals surface area contributed by atoms with E-state index in [1.54, 1.807) is 24.4 Å². The van der Waals surface area contributed by atoms with Gasteiger partial charge in [0.05, 0.1) is 12.3 Å². The molecule has 0 saturated heterocycles. The third kappa shape index (κ3) is 4.97. The summed E-state index contributed by atoms with van der Waals surface area (Å²) in [6.07, 6.45) is 1.80. The number of nitrogens with zero attached hydrogens (tertiary/aromatic N) is 1. The van der Waals surface area contributed by atoms with E-state index in [1.807, 2.05) is 31.2 Å². The number of ether oxygens (including phenoxy) is 2. The molecule has 0 unspecified atom stereocenters. The van der Waals surface area contributed by atoms with Crippen LogP contribution in [-0.2, 0) is 6.61 Å². The zero-order chi connectivity index (χ0) is 19.9. The largest absolute Gasteiger partial charge is 0.490 e.